The monoisotopic (exact) mass is 364 g/mol. The van der Waals surface area contributed by atoms with E-state index in [9.17, 15) is 4.79 Å². The van der Waals surface area contributed by atoms with Crippen LogP contribution in [0.25, 0.3) is 11.3 Å². The van der Waals surface area contributed by atoms with Crippen LogP contribution in [0.3, 0.4) is 0 Å². The van der Waals surface area contributed by atoms with Gasteiger partial charge in [-0.05, 0) is 30.0 Å². The molecule has 0 spiro atoms. The van der Waals surface area contributed by atoms with Crippen LogP contribution in [0, 0.1) is 0 Å². The summed E-state index contributed by atoms with van der Waals surface area (Å²) in [6, 6.07) is 10.5. The number of hydrogen-bond acceptors (Lipinski definition) is 4. The lowest BCUT2D eigenvalue weighted by atomic mass is 9.86. The maximum atomic E-state index is 12.0. The summed E-state index contributed by atoms with van der Waals surface area (Å²) >= 11 is 0. The van der Waals surface area contributed by atoms with Crippen molar-refractivity contribution in [3.63, 3.8) is 0 Å². The third kappa shape index (κ3) is 4.54. The Kier molecular flexibility index (Phi) is 5.59. The second-order valence-corrected chi connectivity index (χ2v) is 7.88. The van der Waals surface area contributed by atoms with Crippen LogP contribution in [0.15, 0.2) is 48.7 Å². The van der Waals surface area contributed by atoms with Crippen molar-refractivity contribution in [2.45, 2.75) is 33.1 Å². The molecular formula is C22H28N4O. The molecule has 1 aromatic carbocycles. The van der Waals surface area contributed by atoms with Crippen LogP contribution in [0.2, 0.25) is 0 Å². The van der Waals surface area contributed by atoms with Gasteiger partial charge in [0.2, 0.25) is 11.9 Å². The molecule has 5 nitrogen and oxygen atoms in total. The zero-order chi connectivity index (χ0) is 19.4. The molecule has 27 heavy (non-hydrogen) atoms. The quantitative estimate of drug-likeness (QED) is 0.780. The number of amides is 1. The van der Waals surface area contributed by atoms with E-state index in [4.69, 9.17) is 4.98 Å². The Morgan fingerprint density at radius 1 is 1.04 bits per heavy atom. The zero-order valence-corrected chi connectivity index (χ0v) is 16.6. The first-order valence-electron chi connectivity index (χ1n) is 9.49. The molecule has 0 saturated carbocycles. The average molecular weight is 364 g/mol. The van der Waals surface area contributed by atoms with Gasteiger partial charge in [-0.25, -0.2) is 9.97 Å². The predicted octanol–water partition coefficient (Wildman–Crippen LogP) is 3.67. The fraction of sp³-hybridized carbons (Fsp3) is 0.409. The molecule has 1 aliphatic rings. The molecule has 1 fully saturated rings. The summed E-state index contributed by atoms with van der Waals surface area (Å²) in [4.78, 5) is 25.2. The first-order chi connectivity index (χ1) is 12.9. The largest absolute Gasteiger partial charge is 0.337 e. The molecule has 0 bridgehead atoms. The SMILES string of the molecule is C/C=C/C(=O)N1CCN(c2nccc(-c3ccc(C(C)(C)C)cc3)n2)CC1. The van der Waals surface area contributed by atoms with E-state index in [2.05, 4.69) is 54.9 Å². The number of anilines is 1. The second-order valence-electron chi connectivity index (χ2n) is 7.88. The van der Waals surface area contributed by atoms with Crippen LogP contribution in [0.5, 0.6) is 0 Å². The smallest absolute Gasteiger partial charge is 0.246 e. The van der Waals surface area contributed by atoms with E-state index in [0.29, 0.717) is 13.1 Å². The molecule has 5 heteroatoms. The Labute approximate surface area is 161 Å². The summed E-state index contributed by atoms with van der Waals surface area (Å²) in [5.41, 5.74) is 3.46. The Morgan fingerprint density at radius 2 is 1.70 bits per heavy atom. The van der Waals surface area contributed by atoms with E-state index in [1.807, 2.05) is 24.1 Å². The van der Waals surface area contributed by atoms with Gasteiger partial charge in [0.25, 0.3) is 0 Å². The lowest BCUT2D eigenvalue weighted by Crippen LogP contribution is -2.48. The van der Waals surface area contributed by atoms with Gasteiger partial charge < -0.3 is 9.80 Å². The lowest BCUT2D eigenvalue weighted by molar-refractivity contribution is -0.126. The molecule has 2 aromatic rings. The number of benzene rings is 1. The predicted molar refractivity (Wildman–Crippen MR) is 110 cm³/mol. The minimum atomic E-state index is 0.0748. The normalized spacial score (nSPS) is 15.4. The van der Waals surface area contributed by atoms with Gasteiger partial charge in [-0.1, -0.05) is 51.1 Å². The number of allylic oxidation sites excluding steroid dienone is 1. The molecule has 0 radical (unpaired) electrons. The van der Waals surface area contributed by atoms with Crippen molar-refractivity contribution in [1.82, 2.24) is 14.9 Å². The van der Waals surface area contributed by atoms with Crippen molar-refractivity contribution < 1.29 is 4.79 Å². The van der Waals surface area contributed by atoms with Crippen molar-refractivity contribution in [1.29, 1.82) is 0 Å². The fourth-order valence-corrected chi connectivity index (χ4v) is 3.18. The zero-order valence-electron chi connectivity index (χ0n) is 16.6. The summed E-state index contributed by atoms with van der Waals surface area (Å²) in [6.45, 7) is 11.4. The number of nitrogens with zero attached hydrogens (tertiary/aromatic N) is 4. The van der Waals surface area contributed by atoms with Crippen LogP contribution < -0.4 is 4.90 Å². The van der Waals surface area contributed by atoms with E-state index in [1.165, 1.54) is 5.56 Å². The molecular weight excluding hydrogens is 336 g/mol. The van der Waals surface area contributed by atoms with Crippen molar-refractivity contribution in [2.24, 2.45) is 0 Å². The van der Waals surface area contributed by atoms with Gasteiger partial charge in [0.15, 0.2) is 0 Å². The van der Waals surface area contributed by atoms with Gasteiger partial charge in [0.05, 0.1) is 5.69 Å². The third-order valence-corrected chi connectivity index (χ3v) is 4.87. The molecule has 3 rings (SSSR count). The molecule has 1 aliphatic heterocycles. The number of aromatic nitrogens is 2. The van der Waals surface area contributed by atoms with Gasteiger partial charge in [-0.3, -0.25) is 4.79 Å². The van der Waals surface area contributed by atoms with Crippen LogP contribution in [-0.2, 0) is 10.2 Å². The second kappa shape index (κ2) is 7.91. The number of piperazine rings is 1. The molecule has 1 saturated heterocycles. The Balaban J connectivity index is 1.72. The van der Waals surface area contributed by atoms with Crippen molar-refractivity contribution in [2.75, 3.05) is 31.1 Å². The van der Waals surface area contributed by atoms with Crippen LogP contribution in [0.4, 0.5) is 5.95 Å². The van der Waals surface area contributed by atoms with Gasteiger partial charge >= 0.3 is 0 Å². The summed E-state index contributed by atoms with van der Waals surface area (Å²) in [5.74, 6) is 0.802. The van der Waals surface area contributed by atoms with Crippen molar-refractivity contribution in [3.05, 3.63) is 54.2 Å². The van der Waals surface area contributed by atoms with Gasteiger partial charge in [-0.2, -0.15) is 0 Å². The highest BCUT2D eigenvalue weighted by atomic mass is 16.2. The molecule has 1 amide bonds. The molecule has 0 aliphatic carbocycles. The van der Waals surface area contributed by atoms with Crippen LogP contribution in [0.1, 0.15) is 33.3 Å². The molecule has 2 heterocycles. The Hall–Kier alpha value is -2.69. The van der Waals surface area contributed by atoms with E-state index in [-0.39, 0.29) is 11.3 Å². The fourth-order valence-electron chi connectivity index (χ4n) is 3.18. The van der Waals surface area contributed by atoms with Gasteiger partial charge in [0, 0.05) is 37.9 Å². The van der Waals surface area contributed by atoms with Gasteiger partial charge in [-0.15, -0.1) is 0 Å². The van der Waals surface area contributed by atoms with E-state index < -0.39 is 0 Å². The molecule has 0 N–H and O–H groups in total. The highest BCUT2D eigenvalue weighted by Gasteiger charge is 2.21. The molecule has 0 atom stereocenters. The van der Waals surface area contributed by atoms with Crippen LogP contribution >= 0.6 is 0 Å². The summed E-state index contributed by atoms with van der Waals surface area (Å²) in [6.07, 6.45) is 5.22. The van der Waals surface area contributed by atoms with Crippen molar-refractivity contribution in [3.8, 4) is 11.3 Å². The maximum absolute atomic E-state index is 12.0. The third-order valence-electron chi connectivity index (χ3n) is 4.87. The molecule has 142 valence electrons. The first-order valence-corrected chi connectivity index (χ1v) is 9.49. The summed E-state index contributed by atoms with van der Waals surface area (Å²) < 4.78 is 0. The van der Waals surface area contributed by atoms with E-state index in [1.54, 1.807) is 12.2 Å². The minimum Gasteiger partial charge on any atom is -0.337 e. The highest BCUT2D eigenvalue weighted by Crippen LogP contribution is 2.26. The maximum Gasteiger partial charge on any atom is 0.246 e. The minimum absolute atomic E-state index is 0.0748. The van der Waals surface area contributed by atoms with E-state index >= 15 is 0 Å². The Morgan fingerprint density at radius 3 is 2.30 bits per heavy atom. The standard InChI is InChI=1S/C22H28N4O/c1-5-6-20(27)25-13-15-26(16-14-25)21-23-12-11-19(24-21)17-7-9-18(10-8-17)22(2,3)4/h5-12H,13-16H2,1-4H3/b6-5+. The van der Waals surface area contributed by atoms with Crippen molar-refractivity contribution >= 4 is 11.9 Å². The molecule has 0 unspecified atom stereocenters. The average Bonchev–Trinajstić information content (AvgIpc) is 2.68. The van der Waals surface area contributed by atoms with Crippen LogP contribution in [-0.4, -0.2) is 47.0 Å². The highest BCUT2D eigenvalue weighted by molar-refractivity contribution is 5.87. The Bertz CT molecular complexity index is 813. The first kappa shape index (κ1) is 19.1. The summed E-state index contributed by atoms with van der Waals surface area (Å²) in [7, 11) is 0. The topological polar surface area (TPSA) is 49.3 Å². The van der Waals surface area contributed by atoms with E-state index in [0.717, 1.165) is 30.3 Å². The number of carbonyl (C=O) groups excluding carboxylic acids is 1. The summed E-state index contributed by atoms with van der Waals surface area (Å²) in [5, 5.41) is 0. The number of hydrogen-bond donors (Lipinski definition) is 0. The van der Waals surface area contributed by atoms with Gasteiger partial charge in [0.1, 0.15) is 0 Å². The number of rotatable bonds is 3. The lowest BCUT2D eigenvalue weighted by Gasteiger charge is -2.34. The number of carbonyl (C=O) groups is 1. The molecule has 1 aromatic heterocycles.